The van der Waals surface area contributed by atoms with Gasteiger partial charge in [-0.1, -0.05) is 33.6 Å². The molecule has 0 aromatic heterocycles. The Labute approximate surface area is 182 Å². The van der Waals surface area contributed by atoms with Crippen LogP contribution in [0.4, 0.5) is 0 Å². The summed E-state index contributed by atoms with van der Waals surface area (Å²) in [6.07, 6.45) is 1.49. The number of carbonyl (C=O) groups excluding carboxylic acids is 2. The van der Waals surface area contributed by atoms with Gasteiger partial charge in [0.25, 0.3) is 5.91 Å². The molecule has 0 heterocycles. The van der Waals surface area contributed by atoms with Crippen molar-refractivity contribution in [1.29, 1.82) is 0 Å². The molecule has 0 aliphatic rings. The number of ether oxygens (including phenoxy) is 2. The Bertz CT molecular complexity index is 1030. The number of esters is 1. The molecule has 0 saturated heterocycles. The van der Waals surface area contributed by atoms with Gasteiger partial charge in [0.05, 0.1) is 11.8 Å². The van der Waals surface area contributed by atoms with Gasteiger partial charge >= 0.3 is 5.97 Å². The van der Waals surface area contributed by atoms with Crippen LogP contribution in [0.1, 0.15) is 21.5 Å². The zero-order valence-corrected chi connectivity index (χ0v) is 17.8. The molecule has 0 aliphatic heterocycles. The van der Waals surface area contributed by atoms with Gasteiger partial charge in [-0.2, -0.15) is 5.10 Å². The Morgan fingerprint density at radius 1 is 0.933 bits per heavy atom. The van der Waals surface area contributed by atoms with Gasteiger partial charge in [-0.15, -0.1) is 0 Å². The van der Waals surface area contributed by atoms with Crippen molar-refractivity contribution >= 4 is 34.0 Å². The number of halogens is 1. The SMILES string of the molecule is Cc1ccc(OCC(=O)N/N=C\c2ccc(OC(=O)c3ccc(Br)cc3)cc2)cc1. The van der Waals surface area contributed by atoms with Crippen LogP contribution in [0.2, 0.25) is 0 Å². The predicted molar refractivity (Wildman–Crippen MR) is 118 cm³/mol. The van der Waals surface area contributed by atoms with Crippen molar-refractivity contribution < 1.29 is 19.1 Å². The molecule has 1 amide bonds. The fraction of sp³-hybridized carbons (Fsp3) is 0.0870. The van der Waals surface area contributed by atoms with Crippen molar-refractivity contribution in [2.45, 2.75) is 6.92 Å². The molecule has 7 heteroatoms. The quantitative estimate of drug-likeness (QED) is 0.240. The lowest BCUT2D eigenvalue weighted by atomic mass is 10.2. The lowest BCUT2D eigenvalue weighted by Gasteiger charge is -2.05. The number of carbonyl (C=O) groups is 2. The molecule has 3 aromatic rings. The van der Waals surface area contributed by atoms with Crippen LogP contribution in [0.5, 0.6) is 11.5 Å². The summed E-state index contributed by atoms with van der Waals surface area (Å²) in [4.78, 5) is 23.9. The smallest absolute Gasteiger partial charge is 0.343 e. The van der Waals surface area contributed by atoms with Gasteiger partial charge in [0.2, 0.25) is 0 Å². The Morgan fingerprint density at radius 2 is 1.57 bits per heavy atom. The first-order chi connectivity index (χ1) is 14.5. The molecule has 0 spiro atoms. The normalized spacial score (nSPS) is 10.6. The number of hydrogen-bond acceptors (Lipinski definition) is 5. The molecule has 6 nitrogen and oxygen atoms in total. The van der Waals surface area contributed by atoms with Crippen LogP contribution in [-0.4, -0.2) is 24.7 Å². The van der Waals surface area contributed by atoms with E-state index in [0.717, 1.165) is 15.6 Å². The summed E-state index contributed by atoms with van der Waals surface area (Å²) < 4.78 is 11.6. The maximum absolute atomic E-state index is 12.1. The summed E-state index contributed by atoms with van der Waals surface area (Å²) in [6, 6.07) is 21.1. The van der Waals surface area contributed by atoms with Crippen LogP contribution in [-0.2, 0) is 4.79 Å². The molecule has 3 rings (SSSR count). The largest absolute Gasteiger partial charge is 0.484 e. The minimum atomic E-state index is -0.440. The van der Waals surface area contributed by atoms with Crippen LogP contribution in [0, 0.1) is 6.92 Å². The first-order valence-corrected chi connectivity index (χ1v) is 9.88. The number of hydrazone groups is 1. The van der Waals surface area contributed by atoms with E-state index in [1.807, 2.05) is 19.1 Å². The molecule has 30 heavy (non-hydrogen) atoms. The van der Waals surface area contributed by atoms with E-state index in [1.54, 1.807) is 60.7 Å². The summed E-state index contributed by atoms with van der Waals surface area (Å²) in [5.41, 5.74) is 4.71. The first-order valence-electron chi connectivity index (χ1n) is 9.09. The Balaban J connectivity index is 1.45. The predicted octanol–water partition coefficient (Wildman–Crippen LogP) is 4.51. The van der Waals surface area contributed by atoms with Crippen LogP contribution in [0.3, 0.4) is 0 Å². The van der Waals surface area contributed by atoms with Gasteiger partial charge in [0, 0.05) is 4.47 Å². The number of hydrogen-bond donors (Lipinski definition) is 1. The fourth-order valence-corrected chi connectivity index (χ4v) is 2.63. The minimum absolute atomic E-state index is 0.134. The number of amides is 1. The Kier molecular flexibility index (Phi) is 7.34. The highest BCUT2D eigenvalue weighted by Gasteiger charge is 2.08. The molecule has 0 bridgehead atoms. The third kappa shape index (κ3) is 6.56. The molecule has 0 saturated carbocycles. The van der Waals surface area contributed by atoms with Gasteiger partial charge in [0.1, 0.15) is 11.5 Å². The molecular weight excluding hydrogens is 448 g/mol. The second-order valence-corrected chi connectivity index (χ2v) is 7.28. The van der Waals surface area contributed by atoms with Crippen molar-refractivity contribution in [2.24, 2.45) is 5.10 Å². The Hall–Kier alpha value is -3.45. The number of aryl methyl sites for hydroxylation is 1. The van der Waals surface area contributed by atoms with Crippen molar-refractivity contribution in [3.8, 4) is 11.5 Å². The second-order valence-electron chi connectivity index (χ2n) is 6.36. The van der Waals surface area contributed by atoms with Crippen LogP contribution in [0.15, 0.2) is 82.4 Å². The van der Waals surface area contributed by atoms with E-state index in [9.17, 15) is 9.59 Å². The molecule has 0 unspecified atom stereocenters. The highest BCUT2D eigenvalue weighted by molar-refractivity contribution is 9.10. The van der Waals surface area contributed by atoms with Crippen LogP contribution < -0.4 is 14.9 Å². The molecule has 3 aromatic carbocycles. The lowest BCUT2D eigenvalue weighted by molar-refractivity contribution is -0.123. The standard InChI is InChI=1S/C23H19BrN2O4/c1-16-2-10-20(11-3-16)29-15-22(27)26-25-14-17-4-12-21(13-5-17)30-23(28)18-6-8-19(24)9-7-18/h2-14H,15H2,1H3,(H,26,27)/b25-14-. The summed E-state index contributed by atoms with van der Waals surface area (Å²) in [5.74, 6) is 0.222. The number of nitrogens with one attached hydrogen (secondary N) is 1. The average Bonchev–Trinajstić information content (AvgIpc) is 2.75. The third-order valence-corrected chi connectivity index (χ3v) is 4.49. The van der Waals surface area contributed by atoms with Crippen LogP contribution in [0.25, 0.3) is 0 Å². The monoisotopic (exact) mass is 466 g/mol. The number of benzene rings is 3. The van der Waals surface area contributed by atoms with Crippen LogP contribution >= 0.6 is 15.9 Å². The van der Waals surface area contributed by atoms with E-state index in [1.165, 1.54) is 6.21 Å². The summed E-state index contributed by atoms with van der Waals surface area (Å²) >= 11 is 3.32. The zero-order chi connectivity index (χ0) is 21.3. The third-order valence-electron chi connectivity index (χ3n) is 3.96. The minimum Gasteiger partial charge on any atom is -0.484 e. The van der Waals surface area contributed by atoms with E-state index >= 15 is 0 Å². The highest BCUT2D eigenvalue weighted by Crippen LogP contribution is 2.16. The maximum atomic E-state index is 12.1. The zero-order valence-electron chi connectivity index (χ0n) is 16.2. The van der Waals surface area contributed by atoms with Crippen molar-refractivity contribution in [3.05, 3.63) is 94.0 Å². The van der Waals surface area contributed by atoms with E-state index in [4.69, 9.17) is 9.47 Å². The molecular formula is C23H19BrN2O4. The summed E-state index contributed by atoms with van der Waals surface area (Å²) in [7, 11) is 0. The summed E-state index contributed by atoms with van der Waals surface area (Å²) in [5, 5.41) is 3.90. The van der Waals surface area contributed by atoms with Gasteiger partial charge < -0.3 is 9.47 Å². The highest BCUT2D eigenvalue weighted by atomic mass is 79.9. The van der Waals surface area contributed by atoms with Gasteiger partial charge in [-0.25, -0.2) is 10.2 Å². The van der Waals surface area contributed by atoms with Crippen molar-refractivity contribution in [3.63, 3.8) is 0 Å². The second kappa shape index (κ2) is 10.4. The fourth-order valence-electron chi connectivity index (χ4n) is 2.37. The van der Waals surface area contributed by atoms with Gasteiger partial charge in [-0.05, 0) is 73.2 Å². The molecule has 0 radical (unpaired) electrons. The van der Waals surface area contributed by atoms with Gasteiger partial charge in [-0.3, -0.25) is 4.79 Å². The van der Waals surface area contributed by atoms with E-state index in [0.29, 0.717) is 17.1 Å². The van der Waals surface area contributed by atoms with E-state index in [-0.39, 0.29) is 12.5 Å². The van der Waals surface area contributed by atoms with Gasteiger partial charge in [0.15, 0.2) is 6.61 Å². The van der Waals surface area contributed by atoms with Crippen molar-refractivity contribution in [1.82, 2.24) is 5.43 Å². The molecule has 0 fully saturated rings. The van der Waals surface area contributed by atoms with Crippen molar-refractivity contribution in [2.75, 3.05) is 6.61 Å². The molecule has 152 valence electrons. The lowest BCUT2D eigenvalue weighted by Crippen LogP contribution is -2.24. The molecule has 1 N–H and O–H groups in total. The molecule has 0 aliphatic carbocycles. The number of rotatable bonds is 7. The molecule has 0 atom stereocenters. The Morgan fingerprint density at radius 3 is 2.23 bits per heavy atom. The summed E-state index contributed by atoms with van der Waals surface area (Å²) in [6.45, 7) is 1.84. The van der Waals surface area contributed by atoms with E-state index < -0.39 is 5.97 Å². The number of nitrogens with zero attached hydrogens (tertiary/aromatic N) is 1. The topological polar surface area (TPSA) is 77.0 Å². The first kappa shape index (κ1) is 21.3. The average molecular weight is 467 g/mol. The maximum Gasteiger partial charge on any atom is 0.343 e. The van der Waals surface area contributed by atoms with E-state index in [2.05, 4.69) is 26.5 Å².